The minimum Gasteiger partial charge on any atom is -0.482 e. The Kier molecular flexibility index (Phi) is 5.67. The van der Waals surface area contributed by atoms with Gasteiger partial charge < -0.3 is 10.1 Å². The molecular formula is C24H24N4O2S. The third-order valence-electron chi connectivity index (χ3n) is 5.50. The molecule has 1 saturated carbocycles. The van der Waals surface area contributed by atoms with Gasteiger partial charge in [-0.3, -0.25) is 4.79 Å². The van der Waals surface area contributed by atoms with Crippen LogP contribution in [0, 0.1) is 0 Å². The minimum atomic E-state index is -0.138. The average Bonchev–Trinajstić information content (AvgIpc) is 2.99. The summed E-state index contributed by atoms with van der Waals surface area (Å²) >= 11 is 1.57. The monoisotopic (exact) mass is 432 g/mol. The molecule has 0 atom stereocenters. The third kappa shape index (κ3) is 4.46. The second kappa shape index (κ2) is 8.89. The summed E-state index contributed by atoms with van der Waals surface area (Å²) in [6, 6.07) is 15.8. The van der Waals surface area contributed by atoms with Crippen LogP contribution < -0.4 is 14.9 Å². The Morgan fingerprint density at radius 2 is 1.81 bits per heavy atom. The zero-order valence-corrected chi connectivity index (χ0v) is 18.0. The Labute approximate surface area is 184 Å². The summed E-state index contributed by atoms with van der Waals surface area (Å²) in [5.74, 6) is 0.552. The maximum Gasteiger partial charge on any atom is 0.262 e. The van der Waals surface area contributed by atoms with E-state index in [1.165, 1.54) is 31.4 Å². The van der Waals surface area contributed by atoms with Crippen LogP contribution in [0.1, 0.15) is 38.5 Å². The fraction of sp³-hybridized carbons (Fsp3) is 0.292. The van der Waals surface area contributed by atoms with Crippen molar-refractivity contribution in [1.29, 1.82) is 0 Å². The highest BCUT2D eigenvalue weighted by Gasteiger charge is 2.18. The van der Waals surface area contributed by atoms with Gasteiger partial charge in [-0.25, -0.2) is 9.67 Å². The number of benzene rings is 2. The summed E-state index contributed by atoms with van der Waals surface area (Å²) in [6.07, 6.45) is 6.97. The first kappa shape index (κ1) is 19.8. The standard InChI is InChI=1S/C24H24N4O2S/c29-23-15-30-22-13-12-17(14-20(22)26-23)21-16-31-24(25-18-8-6-3-7-9-18)28(21)27-19-10-4-1-2-5-11-19/h3,6-9,12-14,16H,1-2,4-5,10-11,15H2,(H,26,29). The lowest BCUT2D eigenvalue weighted by atomic mass is 10.1. The summed E-state index contributed by atoms with van der Waals surface area (Å²) in [5, 5.41) is 10.0. The number of carbonyl (C=O) groups is 1. The normalized spacial score (nSPS) is 16.8. The number of hydrogen-bond acceptors (Lipinski definition) is 5. The van der Waals surface area contributed by atoms with Crippen molar-refractivity contribution in [1.82, 2.24) is 4.68 Å². The molecule has 0 radical (unpaired) electrons. The molecule has 1 aliphatic heterocycles. The molecule has 1 amide bonds. The highest BCUT2D eigenvalue weighted by atomic mass is 32.1. The van der Waals surface area contributed by atoms with Crippen LogP contribution >= 0.6 is 11.3 Å². The van der Waals surface area contributed by atoms with Gasteiger partial charge in [-0.05, 0) is 56.0 Å². The number of fused-ring (bicyclic) bond motifs is 1. The molecule has 31 heavy (non-hydrogen) atoms. The first-order chi connectivity index (χ1) is 15.3. The SMILES string of the molecule is O=C1COc2ccc(-c3csc(=Nc4ccccc4)n3N=C3CCCCCC3)cc2N1. The van der Waals surface area contributed by atoms with E-state index in [1.807, 2.05) is 53.2 Å². The van der Waals surface area contributed by atoms with E-state index in [0.29, 0.717) is 11.4 Å². The van der Waals surface area contributed by atoms with Gasteiger partial charge in [0.15, 0.2) is 6.61 Å². The summed E-state index contributed by atoms with van der Waals surface area (Å²) in [4.78, 5) is 17.5. The average molecular weight is 433 g/mol. The quantitative estimate of drug-likeness (QED) is 0.568. The number of anilines is 1. The smallest absolute Gasteiger partial charge is 0.262 e. The topological polar surface area (TPSA) is 68.0 Å². The van der Waals surface area contributed by atoms with E-state index in [1.54, 1.807) is 11.3 Å². The minimum absolute atomic E-state index is 0.0541. The van der Waals surface area contributed by atoms with Crippen molar-refractivity contribution in [3.05, 3.63) is 58.7 Å². The molecule has 0 bridgehead atoms. The molecule has 1 N–H and O–H groups in total. The van der Waals surface area contributed by atoms with E-state index in [0.717, 1.165) is 34.6 Å². The molecule has 0 spiro atoms. The largest absolute Gasteiger partial charge is 0.482 e. The molecule has 3 aromatic rings. The zero-order chi connectivity index (χ0) is 21.0. The number of rotatable bonds is 3. The van der Waals surface area contributed by atoms with Crippen LogP contribution in [0.5, 0.6) is 5.75 Å². The van der Waals surface area contributed by atoms with Crippen LogP contribution in [-0.4, -0.2) is 22.9 Å². The number of aromatic nitrogens is 1. The Morgan fingerprint density at radius 1 is 1.00 bits per heavy atom. The van der Waals surface area contributed by atoms with Gasteiger partial charge in [0.05, 0.1) is 17.1 Å². The number of thiazole rings is 1. The Hall–Kier alpha value is -3.19. The molecule has 2 heterocycles. The number of amides is 1. The number of nitrogens with zero attached hydrogens (tertiary/aromatic N) is 3. The first-order valence-corrected chi connectivity index (χ1v) is 11.6. The van der Waals surface area contributed by atoms with Gasteiger partial charge in [0.25, 0.3) is 5.91 Å². The van der Waals surface area contributed by atoms with Crippen LogP contribution in [0.2, 0.25) is 0 Å². The fourth-order valence-electron chi connectivity index (χ4n) is 3.91. The lowest BCUT2D eigenvalue weighted by molar-refractivity contribution is -0.118. The van der Waals surface area contributed by atoms with E-state index in [9.17, 15) is 4.79 Å². The van der Waals surface area contributed by atoms with Crippen molar-refractivity contribution in [3.8, 4) is 17.0 Å². The van der Waals surface area contributed by atoms with Crippen molar-refractivity contribution in [3.63, 3.8) is 0 Å². The predicted molar refractivity (Wildman–Crippen MR) is 124 cm³/mol. The highest BCUT2D eigenvalue weighted by molar-refractivity contribution is 7.07. The first-order valence-electron chi connectivity index (χ1n) is 10.7. The van der Waals surface area contributed by atoms with E-state index < -0.39 is 0 Å². The third-order valence-corrected chi connectivity index (χ3v) is 6.31. The summed E-state index contributed by atoms with van der Waals surface area (Å²) in [5.41, 5.74) is 4.74. The Bertz CT molecular complexity index is 1180. The van der Waals surface area contributed by atoms with Crippen molar-refractivity contribution < 1.29 is 9.53 Å². The van der Waals surface area contributed by atoms with E-state index in [-0.39, 0.29) is 12.5 Å². The second-order valence-corrected chi connectivity index (χ2v) is 8.63. The molecule has 1 aromatic heterocycles. The van der Waals surface area contributed by atoms with Crippen molar-refractivity contribution in [2.45, 2.75) is 38.5 Å². The maximum absolute atomic E-state index is 11.8. The predicted octanol–water partition coefficient (Wildman–Crippen LogP) is 5.34. The zero-order valence-electron chi connectivity index (χ0n) is 17.2. The maximum atomic E-state index is 11.8. The molecule has 0 unspecified atom stereocenters. The summed E-state index contributed by atoms with van der Waals surface area (Å²) in [6.45, 7) is 0.0541. The number of carbonyl (C=O) groups excluding carboxylic acids is 1. The Balaban J connectivity index is 1.62. The van der Waals surface area contributed by atoms with Gasteiger partial charge >= 0.3 is 0 Å². The molecule has 0 saturated heterocycles. The van der Waals surface area contributed by atoms with Gasteiger partial charge in [0, 0.05) is 16.7 Å². The van der Waals surface area contributed by atoms with E-state index in [2.05, 4.69) is 10.7 Å². The van der Waals surface area contributed by atoms with Crippen LogP contribution in [-0.2, 0) is 4.79 Å². The van der Waals surface area contributed by atoms with Crippen molar-refractivity contribution in [2.75, 3.05) is 11.9 Å². The molecule has 2 aliphatic rings. The van der Waals surface area contributed by atoms with Gasteiger partial charge in [0.1, 0.15) is 5.75 Å². The molecule has 1 fully saturated rings. The van der Waals surface area contributed by atoms with Gasteiger partial charge in [-0.15, -0.1) is 11.3 Å². The number of para-hydroxylation sites is 1. The Morgan fingerprint density at radius 3 is 2.61 bits per heavy atom. The molecule has 2 aromatic carbocycles. The van der Waals surface area contributed by atoms with Crippen LogP contribution in [0.4, 0.5) is 11.4 Å². The summed E-state index contributed by atoms with van der Waals surface area (Å²) < 4.78 is 7.48. The molecule has 7 heteroatoms. The van der Waals surface area contributed by atoms with Crippen LogP contribution in [0.15, 0.2) is 64.0 Å². The number of ether oxygens (including phenoxy) is 1. The second-order valence-electron chi connectivity index (χ2n) is 7.79. The number of hydrogen-bond donors (Lipinski definition) is 1. The number of nitrogens with one attached hydrogen (secondary N) is 1. The molecule has 1 aliphatic carbocycles. The molecule has 5 rings (SSSR count). The van der Waals surface area contributed by atoms with E-state index in [4.69, 9.17) is 14.8 Å². The lowest BCUT2D eigenvalue weighted by Crippen LogP contribution is -2.25. The van der Waals surface area contributed by atoms with Crippen molar-refractivity contribution >= 4 is 34.3 Å². The molecule has 6 nitrogen and oxygen atoms in total. The van der Waals surface area contributed by atoms with E-state index >= 15 is 0 Å². The fourth-order valence-corrected chi connectivity index (χ4v) is 4.76. The van der Waals surface area contributed by atoms with Gasteiger partial charge in [0.2, 0.25) is 4.80 Å². The summed E-state index contributed by atoms with van der Waals surface area (Å²) in [7, 11) is 0. The van der Waals surface area contributed by atoms with Crippen molar-refractivity contribution in [2.24, 2.45) is 10.1 Å². The molecular weight excluding hydrogens is 408 g/mol. The van der Waals surface area contributed by atoms with Gasteiger partial charge in [-0.1, -0.05) is 31.0 Å². The molecule has 158 valence electrons. The van der Waals surface area contributed by atoms with Gasteiger partial charge in [-0.2, -0.15) is 5.10 Å². The van der Waals surface area contributed by atoms with Crippen LogP contribution in [0.3, 0.4) is 0 Å². The highest BCUT2D eigenvalue weighted by Crippen LogP contribution is 2.33. The lowest BCUT2D eigenvalue weighted by Gasteiger charge is -2.18. The van der Waals surface area contributed by atoms with Crippen LogP contribution in [0.25, 0.3) is 11.3 Å².